The zero-order valence-electron chi connectivity index (χ0n) is 30.3. The monoisotopic (exact) mass is 712 g/mol. The predicted octanol–water partition coefficient (Wildman–Crippen LogP) is 13.3. The quantitative estimate of drug-likeness (QED) is 0.183. The van der Waals surface area contributed by atoms with Gasteiger partial charge in [0.05, 0.1) is 33.1 Å². The average molecular weight is 713 g/mol. The molecule has 12 rings (SSSR count). The molecule has 11 aromatic rings. The van der Waals surface area contributed by atoms with Gasteiger partial charge in [0.1, 0.15) is 0 Å². The SMILES string of the molecule is c1ccc2c(c1)-c1ccccc1-c1cccc(-c3cc(-n4c5ccccc5c5ncccc54)cc(-n4c5ccccc5c5ncccc54)c3)c1-c1ccccc1-2. The molecule has 0 N–H and O–H groups in total. The highest BCUT2D eigenvalue weighted by molar-refractivity contribution is 6.10. The first-order valence-electron chi connectivity index (χ1n) is 19.1. The van der Waals surface area contributed by atoms with Gasteiger partial charge in [0.25, 0.3) is 0 Å². The van der Waals surface area contributed by atoms with Crippen molar-refractivity contribution in [1.82, 2.24) is 19.1 Å². The molecule has 260 valence electrons. The highest BCUT2D eigenvalue weighted by Crippen LogP contribution is 2.51. The topological polar surface area (TPSA) is 35.6 Å². The van der Waals surface area contributed by atoms with E-state index in [4.69, 9.17) is 9.97 Å². The number of hydrogen-bond donors (Lipinski definition) is 0. The van der Waals surface area contributed by atoms with E-state index in [0.29, 0.717) is 0 Å². The molecule has 0 radical (unpaired) electrons. The van der Waals surface area contributed by atoms with E-state index in [0.717, 1.165) is 60.8 Å². The largest absolute Gasteiger partial charge is 0.308 e. The van der Waals surface area contributed by atoms with Gasteiger partial charge in [-0.3, -0.25) is 9.97 Å². The first kappa shape index (κ1) is 30.9. The summed E-state index contributed by atoms with van der Waals surface area (Å²) in [5.74, 6) is 0. The van der Waals surface area contributed by atoms with Crippen LogP contribution in [0.5, 0.6) is 0 Å². The molecule has 7 aromatic carbocycles. The van der Waals surface area contributed by atoms with Crippen molar-refractivity contribution >= 4 is 43.9 Å². The summed E-state index contributed by atoms with van der Waals surface area (Å²) in [5.41, 5.74) is 20.6. The predicted molar refractivity (Wildman–Crippen MR) is 231 cm³/mol. The highest BCUT2D eigenvalue weighted by Gasteiger charge is 2.25. The van der Waals surface area contributed by atoms with Gasteiger partial charge in [0.2, 0.25) is 0 Å². The molecule has 0 unspecified atom stereocenters. The zero-order valence-corrected chi connectivity index (χ0v) is 30.3. The number of aromatic nitrogens is 4. The Morgan fingerprint density at radius 1 is 0.304 bits per heavy atom. The molecule has 0 amide bonds. The molecule has 0 saturated heterocycles. The summed E-state index contributed by atoms with van der Waals surface area (Å²) in [6.45, 7) is 0. The number of benzene rings is 7. The van der Waals surface area contributed by atoms with Gasteiger partial charge in [-0.2, -0.15) is 0 Å². The molecule has 0 saturated carbocycles. The number of pyridine rings is 2. The molecule has 56 heavy (non-hydrogen) atoms. The average Bonchev–Trinajstić information content (AvgIpc) is 3.79. The molecule has 4 nitrogen and oxygen atoms in total. The van der Waals surface area contributed by atoms with E-state index in [1.807, 2.05) is 24.5 Å². The van der Waals surface area contributed by atoms with Crippen molar-refractivity contribution in [3.63, 3.8) is 0 Å². The Kier molecular flexibility index (Phi) is 6.60. The van der Waals surface area contributed by atoms with Gasteiger partial charge >= 0.3 is 0 Å². The fourth-order valence-corrected chi connectivity index (χ4v) is 9.28. The van der Waals surface area contributed by atoms with Crippen molar-refractivity contribution in [1.29, 1.82) is 0 Å². The van der Waals surface area contributed by atoms with Crippen molar-refractivity contribution in [2.24, 2.45) is 0 Å². The van der Waals surface area contributed by atoms with Crippen LogP contribution in [0.4, 0.5) is 0 Å². The second-order valence-corrected chi connectivity index (χ2v) is 14.6. The van der Waals surface area contributed by atoms with Crippen LogP contribution in [0.15, 0.2) is 194 Å². The molecule has 4 aromatic heterocycles. The van der Waals surface area contributed by atoms with Crippen molar-refractivity contribution in [3.05, 3.63) is 194 Å². The van der Waals surface area contributed by atoms with E-state index in [2.05, 4.69) is 179 Å². The number of fused-ring (bicyclic) bond motifs is 14. The highest BCUT2D eigenvalue weighted by atomic mass is 15.0. The smallest absolute Gasteiger partial charge is 0.0963 e. The maximum atomic E-state index is 4.90. The fourth-order valence-electron chi connectivity index (χ4n) is 9.28. The summed E-state index contributed by atoms with van der Waals surface area (Å²) in [7, 11) is 0. The van der Waals surface area contributed by atoms with Crippen molar-refractivity contribution < 1.29 is 0 Å². The van der Waals surface area contributed by atoms with Crippen molar-refractivity contribution in [2.45, 2.75) is 0 Å². The molecular weight excluding hydrogens is 681 g/mol. The van der Waals surface area contributed by atoms with Gasteiger partial charge < -0.3 is 9.13 Å². The van der Waals surface area contributed by atoms with Crippen LogP contribution in [0, 0.1) is 0 Å². The molecule has 4 heteroatoms. The van der Waals surface area contributed by atoms with E-state index >= 15 is 0 Å². The Morgan fingerprint density at radius 3 is 1.23 bits per heavy atom. The Labute approximate surface area is 323 Å². The molecule has 0 fully saturated rings. The van der Waals surface area contributed by atoms with Crippen molar-refractivity contribution in [3.8, 4) is 67.0 Å². The van der Waals surface area contributed by atoms with Crippen LogP contribution in [0.2, 0.25) is 0 Å². The molecule has 0 atom stereocenters. The van der Waals surface area contributed by atoms with Crippen LogP contribution in [0.3, 0.4) is 0 Å². The minimum absolute atomic E-state index is 0.991. The Hall–Kier alpha value is -7.56. The molecule has 1 aliphatic carbocycles. The lowest BCUT2D eigenvalue weighted by molar-refractivity contribution is 1.13. The van der Waals surface area contributed by atoms with Crippen molar-refractivity contribution in [2.75, 3.05) is 0 Å². The van der Waals surface area contributed by atoms with Gasteiger partial charge in [0.15, 0.2) is 0 Å². The minimum atomic E-state index is 0.991. The normalized spacial score (nSPS) is 11.9. The molecule has 1 aliphatic rings. The lowest BCUT2D eigenvalue weighted by Crippen LogP contribution is -2.02. The van der Waals surface area contributed by atoms with Gasteiger partial charge in [-0.15, -0.1) is 0 Å². The fraction of sp³-hybridized carbons (Fsp3) is 0. The first-order valence-corrected chi connectivity index (χ1v) is 19.1. The lowest BCUT2D eigenvalue weighted by atomic mass is 9.78. The minimum Gasteiger partial charge on any atom is -0.308 e. The second-order valence-electron chi connectivity index (χ2n) is 14.6. The third-order valence-electron chi connectivity index (χ3n) is 11.6. The Morgan fingerprint density at radius 2 is 0.696 bits per heavy atom. The Balaban J connectivity index is 1.23. The third-order valence-corrected chi connectivity index (χ3v) is 11.6. The van der Waals surface area contributed by atoms with Crippen LogP contribution in [0.25, 0.3) is 111 Å². The third kappa shape index (κ3) is 4.41. The summed E-state index contributed by atoms with van der Waals surface area (Å²) in [5, 5.41) is 2.26. The summed E-state index contributed by atoms with van der Waals surface area (Å²) >= 11 is 0. The van der Waals surface area contributed by atoms with E-state index < -0.39 is 0 Å². The zero-order chi connectivity index (χ0) is 36.7. The van der Waals surface area contributed by atoms with Gasteiger partial charge in [-0.25, -0.2) is 0 Å². The summed E-state index contributed by atoms with van der Waals surface area (Å²) in [6, 6.07) is 66.1. The summed E-state index contributed by atoms with van der Waals surface area (Å²) in [4.78, 5) is 9.80. The van der Waals surface area contributed by atoms with E-state index in [-0.39, 0.29) is 0 Å². The number of hydrogen-bond acceptors (Lipinski definition) is 2. The molecule has 0 aliphatic heterocycles. The van der Waals surface area contributed by atoms with E-state index in [1.54, 1.807) is 0 Å². The maximum Gasteiger partial charge on any atom is 0.0963 e. The van der Waals surface area contributed by atoms with Crippen LogP contribution in [0.1, 0.15) is 0 Å². The molecular formula is C52H32N4. The maximum absolute atomic E-state index is 4.90. The first-order chi connectivity index (χ1) is 27.8. The van der Waals surface area contributed by atoms with Crippen LogP contribution in [-0.4, -0.2) is 19.1 Å². The van der Waals surface area contributed by atoms with Gasteiger partial charge in [-0.05, 0) is 110 Å². The van der Waals surface area contributed by atoms with Crippen LogP contribution >= 0.6 is 0 Å². The summed E-state index contributed by atoms with van der Waals surface area (Å²) in [6.07, 6.45) is 3.78. The number of para-hydroxylation sites is 2. The Bertz CT molecular complexity index is 3140. The molecule has 0 spiro atoms. The second kappa shape index (κ2) is 12.0. The van der Waals surface area contributed by atoms with E-state index in [1.165, 1.54) is 50.1 Å². The number of rotatable bonds is 3. The molecule has 0 bridgehead atoms. The van der Waals surface area contributed by atoms with Gasteiger partial charge in [0, 0.05) is 34.5 Å². The van der Waals surface area contributed by atoms with E-state index in [9.17, 15) is 0 Å². The standard InChI is InChI=1S/C52H32N4/c1-2-15-38-37(14-1)39-16-3-4-17-41(39)43-23-11-22-36(50(43)42-19-6-5-18-40(38)42)33-30-34(55-46-24-9-7-20-44(46)51-48(55)26-12-28-53-51)32-35(31-33)56-47-25-10-8-21-45(47)52-49(56)27-13-29-54-52/h1-32H. The van der Waals surface area contributed by atoms with Crippen LogP contribution < -0.4 is 0 Å². The van der Waals surface area contributed by atoms with Gasteiger partial charge in [-0.1, -0.05) is 127 Å². The number of nitrogens with zero attached hydrogens (tertiary/aromatic N) is 4. The lowest BCUT2D eigenvalue weighted by Gasteiger charge is -2.25. The molecule has 4 heterocycles. The van der Waals surface area contributed by atoms with Crippen LogP contribution in [-0.2, 0) is 0 Å². The summed E-state index contributed by atoms with van der Waals surface area (Å²) < 4.78 is 4.76.